The first-order valence-corrected chi connectivity index (χ1v) is 3.88. The standard InChI is InChI=1S/C9H11NO5.ClH.H2O/c10-7(9(14)15)8(13)4-1-2-5(11)6(12)3-4;;/h1-3,7-8,11-13H,10H2,(H,14,15);1H;1H2/t7-,8+;;/m0../s1/i1D,2D,3D;;. The Morgan fingerprint density at radius 1 is 1.35 bits per heavy atom. The summed E-state index contributed by atoms with van der Waals surface area (Å²) in [6.07, 6.45) is -1.95. The summed E-state index contributed by atoms with van der Waals surface area (Å²) in [6.45, 7) is 0. The molecule has 0 bridgehead atoms. The van der Waals surface area contributed by atoms with E-state index < -0.39 is 53.3 Å². The van der Waals surface area contributed by atoms with Crippen LogP contribution in [0.3, 0.4) is 0 Å². The minimum atomic E-state index is -1.95. The minimum Gasteiger partial charge on any atom is -0.504 e. The van der Waals surface area contributed by atoms with Crippen LogP contribution in [0.5, 0.6) is 11.5 Å². The van der Waals surface area contributed by atoms with Gasteiger partial charge in [-0.2, -0.15) is 0 Å². The average Bonchev–Trinajstić information content (AvgIpc) is 2.32. The molecule has 0 radical (unpaired) electrons. The number of aliphatic hydroxyl groups excluding tert-OH is 1. The van der Waals surface area contributed by atoms with Crippen LogP contribution in [0.15, 0.2) is 18.1 Å². The number of phenolic OH excluding ortho intramolecular Hbond substituents is 2. The van der Waals surface area contributed by atoms with E-state index in [1.165, 1.54) is 0 Å². The fraction of sp³-hybridized carbons (Fsp3) is 0.222. The predicted octanol–water partition coefficient (Wildman–Crippen LogP) is -0.860. The largest absolute Gasteiger partial charge is 0.504 e. The molecule has 0 heterocycles. The van der Waals surface area contributed by atoms with Gasteiger partial charge in [-0.15, -0.1) is 12.4 Å². The highest BCUT2D eigenvalue weighted by Crippen LogP contribution is 2.28. The molecule has 98 valence electrons. The SMILES string of the molecule is Cl.O.[2H]c1c([2H])c([C@@H](O)[C@H](N)C(=O)O)c([2H])c(O)c1O. The maximum absolute atomic E-state index is 10.6. The summed E-state index contributed by atoms with van der Waals surface area (Å²) < 4.78 is 22.2. The van der Waals surface area contributed by atoms with Crippen LogP contribution in [0.1, 0.15) is 15.8 Å². The second-order valence-electron chi connectivity index (χ2n) is 2.79. The van der Waals surface area contributed by atoms with E-state index >= 15 is 0 Å². The lowest BCUT2D eigenvalue weighted by Gasteiger charge is -2.15. The van der Waals surface area contributed by atoms with E-state index in [-0.39, 0.29) is 17.9 Å². The molecular formula is C9H14ClNO6. The van der Waals surface area contributed by atoms with Crippen molar-refractivity contribution < 1.29 is 34.8 Å². The van der Waals surface area contributed by atoms with Crippen LogP contribution < -0.4 is 5.73 Å². The number of halogens is 1. The molecule has 2 atom stereocenters. The van der Waals surface area contributed by atoms with Gasteiger partial charge in [-0.05, 0) is 17.6 Å². The Balaban J connectivity index is 0. The Kier molecular flexibility index (Phi) is 4.86. The molecule has 0 unspecified atom stereocenters. The number of aliphatic carboxylic acids is 1. The molecule has 7 nitrogen and oxygen atoms in total. The fourth-order valence-electron chi connectivity index (χ4n) is 0.866. The molecule has 1 rings (SSSR count). The zero-order chi connectivity index (χ0) is 14.2. The highest BCUT2D eigenvalue weighted by Gasteiger charge is 2.24. The molecular weight excluding hydrogens is 254 g/mol. The number of nitrogens with two attached hydrogens (primary N) is 1. The molecule has 0 aliphatic carbocycles. The number of rotatable bonds is 3. The maximum atomic E-state index is 10.6. The lowest BCUT2D eigenvalue weighted by Crippen LogP contribution is -2.36. The van der Waals surface area contributed by atoms with Gasteiger partial charge in [0, 0.05) is 0 Å². The van der Waals surface area contributed by atoms with E-state index in [4.69, 9.17) is 15.0 Å². The molecule has 1 aromatic rings. The molecule has 17 heavy (non-hydrogen) atoms. The van der Waals surface area contributed by atoms with Gasteiger partial charge in [0.15, 0.2) is 11.5 Å². The number of phenols is 2. The molecule has 0 aromatic heterocycles. The van der Waals surface area contributed by atoms with Crippen molar-refractivity contribution in [2.45, 2.75) is 12.1 Å². The molecule has 1 aromatic carbocycles. The van der Waals surface area contributed by atoms with Crippen molar-refractivity contribution in [3.63, 3.8) is 0 Å². The van der Waals surface area contributed by atoms with Crippen molar-refractivity contribution in [2.24, 2.45) is 5.73 Å². The number of hydrogen-bond donors (Lipinski definition) is 5. The highest BCUT2D eigenvalue weighted by molar-refractivity contribution is 5.85. The van der Waals surface area contributed by atoms with Gasteiger partial charge in [0.05, 0.1) is 4.11 Å². The first-order chi connectivity index (χ1) is 8.20. The molecule has 8 heteroatoms. The molecule has 0 amide bonds. The summed E-state index contributed by atoms with van der Waals surface area (Å²) in [5.74, 6) is -3.56. The summed E-state index contributed by atoms with van der Waals surface area (Å²) >= 11 is 0. The first-order valence-electron chi connectivity index (χ1n) is 5.38. The number of aliphatic hydroxyl groups is 1. The van der Waals surface area contributed by atoms with Crippen LogP contribution in [0.4, 0.5) is 0 Å². The second kappa shape index (κ2) is 6.92. The monoisotopic (exact) mass is 270 g/mol. The van der Waals surface area contributed by atoms with E-state index in [0.29, 0.717) is 0 Å². The average molecular weight is 271 g/mol. The van der Waals surface area contributed by atoms with Crippen LogP contribution in [-0.4, -0.2) is 37.9 Å². The Morgan fingerprint density at radius 2 is 1.88 bits per heavy atom. The zero-order valence-corrected chi connectivity index (χ0v) is 9.15. The van der Waals surface area contributed by atoms with Gasteiger partial charge < -0.3 is 31.6 Å². The summed E-state index contributed by atoms with van der Waals surface area (Å²) in [4.78, 5) is 10.6. The Hall–Kier alpha value is -1.54. The summed E-state index contributed by atoms with van der Waals surface area (Å²) in [5.41, 5.74) is 4.53. The number of carboxylic acid groups (broad SMARTS) is 1. The van der Waals surface area contributed by atoms with E-state index in [1.54, 1.807) is 0 Å². The molecule has 0 aliphatic rings. The number of hydrogen-bond acceptors (Lipinski definition) is 5. The second-order valence-corrected chi connectivity index (χ2v) is 2.79. The van der Waals surface area contributed by atoms with Gasteiger partial charge in [-0.3, -0.25) is 4.79 Å². The molecule has 0 aliphatic heterocycles. The van der Waals surface area contributed by atoms with Crippen LogP contribution in [0, 0.1) is 0 Å². The van der Waals surface area contributed by atoms with Crippen LogP contribution >= 0.6 is 12.4 Å². The van der Waals surface area contributed by atoms with Gasteiger partial charge in [0.2, 0.25) is 0 Å². The third-order valence-electron chi connectivity index (χ3n) is 1.71. The van der Waals surface area contributed by atoms with Crippen molar-refractivity contribution in [3.05, 3.63) is 23.7 Å². The van der Waals surface area contributed by atoms with E-state index in [2.05, 4.69) is 0 Å². The molecule has 0 fully saturated rings. The van der Waals surface area contributed by atoms with Crippen molar-refractivity contribution >= 4 is 18.4 Å². The van der Waals surface area contributed by atoms with Crippen molar-refractivity contribution in [1.29, 1.82) is 0 Å². The van der Waals surface area contributed by atoms with E-state index in [1.807, 2.05) is 0 Å². The first kappa shape index (κ1) is 11.9. The van der Waals surface area contributed by atoms with Crippen LogP contribution in [-0.2, 0) is 4.79 Å². The Bertz CT molecular complexity index is 486. The van der Waals surface area contributed by atoms with Gasteiger partial charge in [0.1, 0.15) is 12.1 Å². The third kappa shape index (κ3) is 4.08. The molecule has 8 N–H and O–H groups in total. The quantitative estimate of drug-likeness (QED) is 0.450. The lowest BCUT2D eigenvalue weighted by molar-refractivity contribution is -0.141. The Morgan fingerprint density at radius 3 is 2.35 bits per heavy atom. The predicted molar refractivity (Wildman–Crippen MR) is 61.2 cm³/mol. The maximum Gasteiger partial charge on any atom is 0.323 e. The van der Waals surface area contributed by atoms with E-state index in [9.17, 15) is 20.1 Å². The van der Waals surface area contributed by atoms with Gasteiger partial charge in [-0.25, -0.2) is 0 Å². The summed E-state index contributed by atoms with van der Waals surface area (Å²) in [7, 11) is 0. The van der Waals surface area contributed by atoms with Crippen molar-refractivity contribution in [1.82, 2.24) is 0 Å². The number of carboxylic acids is 1. The normalized spacial score (nSPS) is 15.3. The topological polar surface area (TPSA) is 156 Å². The van der Waals surface area contributed by atoms with Crippen LogP contribution in [0.25, 0.3) is 0 Å². The fourth-order valence-corrected chi connectivity index (χ4v) is 0.866. The zero-order valence-electron chi connectivity index (χ0n) is 11.3. The Labute approximate surface area is 107 Å². The number of aromatic hydroxyl groups is 2. The molecule has 0 spiro atoms. The van der Waals surface area contributed by atoms with Crippen molar-refractivity contribution in [2.75, 3.05) is 0 Å². The van der Waals surface area contributed by atoms with Crippen molar-refractivity contribution in [3.8, 4) is 11.5 Å². The number of benzene rings is 1. The number of carbonyl (C=O) groups is 1. The van der Waals surface area contributed by atoms with Gasteiger partial charge in [0.25, 0.3) is 0 Å². The summed E-state index contributed by atoms with van der Waals surface area (Å²) in [5, 5.41) is 36.8. The highest BCUT2D eigenvalue weighted by atomic mass is 35.5. The third-order valence-corrected chi connectivity index (χ3v) is 1.71. The summed E-state index contributed by atoms with van der Waals surface area (Å²) in [6, 6.07) is -4.24. The van der Waals surface area contributed by atoms with Gasteiger partial charge >= 0.3 is 5.97 Å². The van der Waals surface area contributed by atoms with Crippen LogP contribution in [0.2, 0.25) is 0 Å². The lowest BCUT2D eigenvalue weighted by atomic mass is 10.0. The minimum absolute atomic E-state index is 0. The molecule has 0 saturated carbocycles. The van der Waals surface area contributed by atoms with Gasteiger partial charge in [-0.1, -0.05) is 6.04 Å². The molecule has 0 saturated heterocycles. The van der Waals surface area contributed by atoms with E-state index in [0.717, 1.165) is 0 Å². The smallest absolute Gasteiger partial charge is 0.323 e.